The van der Waals surface area contributed by atoms with Gasteiger partial charge in [-0.3, -0.25) is 24.2 Å². The minimum absolute atomic E-state index is 0.00773. The number of alkyl halides is 3. The van der Waals surface area contributed by atoms with Gasteiger partial charge in [-0.15, -0.1) is 0 Å². The molecule has 0 unspecified atom stereocenters. The summed E-state index contributed by atoms with van der Waals surface area (Å²) in [5, 5.41) is 11.5. The van der Waals surface area contributed by atoms with Crippen LogP contribution >= 0.6 is 23.2 Å². The number of anilines is 2. The molecule has 1 saturated carbocycles. The molecule has 2 aliphatic carbocycles. The summed E-state index contributed by atoms with van der Waals surface area (Å²) in [7, 11) is 1.22. The summed E-state index contributed by atoms with van der Waals surface area (Å²) in [6.45, 7) is 3.35. The fraction of sp³-hybridized carbons (Fsp3) is 0.343. The van der Waals surface area contributed by atoms with E-state index in [1.807, 2.05) is 0 Å². The third-order valence-electron chi connectivity index (χ3n) is 10.7. The number of phenols is 1. The molecule has 3 aromatic rings. The third kappa shape index (κ3) is 4.84. The third-order valence-corrected chi connectivity index (χ3v) is 11.3. The zero-order chi connectivity index (χ0) is 36.2. The number of aryl methyl sites for hydroxylation is 1. The van der Waals surface area contributed by atoms with E-state index < -0.39 is 82.1 Å². The Bertz CT molecular complexity index is 2060. The first-order valence-electron chi connectivity index (χ1n) is 15.6. The smallest absolute Gasteiger partial charge is 0.433 e. The number of hydrazine groups is 1. The zero-order valence-corrected chi connectivity index (χ0v) is 28.1. The normalized spacial score (nSPS) is 27.7. The number of fused-ring (bicyclic) bond motifs is 4. The minimum atomic E-state index is -4.82. The number of hydrogen-bond acceptors (Lipinski definition) is 7. The van der Waals surface area contributed by atoms with Crippen molar-refractivity contribution in [3.8, 4) is 5.75 Å². The van der Waals surface area contributed by atoms with Gasteiger partial charge >= 0.3 is 6.18 Å². The van der Waals surface area contributed by atoms with Crippen LogP contribution in [0.3, 0.4) is 0 Å². The molecule has 0 bridgehead atoms. The molecule has 1 N–H and O–H groups in total. The van der Waals surface area contributed by atoms with Crippen LogP contribution in [0.25, 0.3) is 0 Å². The van der Waals surface area contributed by atoms with Gasteiger partial charge in [0.2, 0.25) is 11.8 Å². The molecule has 6 atom stereocenters. The monoisotopic (exact) mass is 730 g/mol. The number of amides is 4. The first-order valence-corrected chi connectivity index (χ1v) is 16.4. The fourth-order valence-electron chi connectivity index (χ4n) is 8.31. The maximum Gasteiger partial charge on any atom is 0.433 e. The molecule has 9 nitrogen and oxygen atoms in total. The van der Waals surface area contributed by atoms with Gasteiger partial charge in [0.25, 0.3) is 11.8 Å². The Labute approximate surface area is 293 Å². The number of hydrogen-bond donors (Lipinski definition) is 1. The second-order valence-electron chi connectivity index (χ2n) is 13.3. The number of nitrogens with zero attached hydrogens (tertiary/aromatic N) is 4. The van der Waals surface area contributed by atoms with Crippen molar-refractivity contribution in [2.75, 3.05) is 17.0 Å². The highest BCUT2D eigenvalue weighted by molar-refractivity contribution is 6.33. The van der Waals surface area contributed by atoms with Crippen molar-refractivity contribution in [3.63, 3.8) is 0 Å². The molecule has 260 valence electrons. The highest BCUT2D eigenvalue weighted by Crippen LogP contribution is 2.64. The van der Waals surface area contributed by atoms with Gasteiger partial charge < -0.3 is 5.11 Å². The van der Waals surface area contributed by atoms with Crippen LogP contribution in [0.4, 0.5) is 29.1 Å². The molecule has 7 rings (SSSR count). The second-order valence-corrected chi connectivity index (χ2v) is 14.1. The molecule has 3 fully saturated rings. The number of rotatable bonds is 4. The molecule has 2 saturated heterocycles. The van der Waals surface area contributed by atoms with E-state index in [0.717, 1.165) is 27.1 Å². The first kappa shape index (κ1) is 34.0. The topological polar surface area (TPSA) is 111 Å². The van der Waals surface area contributed by atoms with Crippen LogP contribution in [0.5, 0.6) is 5.75 Å². The molecular weight excluding hydrogens is 703 g/mol. The van der Waals surface area contributed by atoms with Crippen LogP contribution in [-0.2, 0) is 25.4 Å². The Morgan fingerprint density at radius 1 is 0.960 bits per heavy atom. The number of imide groups is 2. The van der Waals surface area contributed by atoms with Gasteiger partial charge in [-0.2, -0.15) is 18.2 Å². The van der Waals surface area contributed by atoms with E-state index in [4.69, 9.17) is 23.2 Å². The lowest BCUT2D eigenvalue weighted by Gasteiger charge is -2.49. The molecule has 4 amide bonds. The molecule has 0 spiro atoms. The number of benzene rings is 2. The quantitative estimate of drug-likeness (QED) is 0.178. The molecular formula is C35H28Cl2F4N4O5. The lowest BCUT2D eigenvalue weighted by atomic mass is 9.51. The number of halogens is 6. The van der Waals surface area contributed by atoms with Crippen molar-refractivity contribution in [3.05, 3.63) is 92.9 Å². The van der Waals surface area contributed by atoms with E-state index in [2.05, 4.69) is 4.98 Å². The van der Waals surface area contributed by atoms with E-state index in [0.29, 0.717) is 22.8 Å². The average Bonchev–Trinajstić information content (AvgIpc) is 3.42. The summed E-state index contributed by atoms with van der Waals surface area (Å²) in [4.78, 5) is 61.6. The summed E-state index contributed by atoms with van der Waals surface area (Å²) in [5.74, 6) is -8.20. The van der Waals surface area contributed by atoms with Crippen LogP contribution in [0.1, 0.15) is 42.5 Å². The number of aromatic hydroxyl groups is 1. The van der Waals surface area contributed by atoms with Crippen molar-refractivity contribution < 1.29 is 41.8 Å². The van der Waals surface area contributed by atoms with Gasteiger partial charge in [0, 0.05) is 13.0 Å². The van der Waals surface area contributed by atoms with E-state index in [-0.39, 0.29) is 34.3 Å². The van der Waals surface area contributed by atoms with E-state index in [1.165, 1.54) is 25.2 Å². The Kier molecular flexibility index (Phi) is 7.83. The summed E-state index contributed by atoms with van der Waals surface area (Å²) in [6.07, 6.45) is -2.95. The van der Waals surface area contributed by atoms with Crippen LogP contribution in [0.15, 0.2) is 60.2 Å². The molecule has 4 aliphatic rings. The van der Waals surface area contributed by atoms with E-state index in [1.54, 1.807) is 32.1 Å². The van der Waals surface area contributed by atoms with Crippen LogP contribution in [0.2, 0.25) is 10.0 Å². The van der Waals surface area contributed by atoms with Gasteiger partial charge in [-0.1, -0.05) is 47.0 Å². The van der Waals surface area contributed by atoms with Gasteiger partial charge in [0.05, 0.1) is 38.9 Å². The second kappa shape index (κ2) is 11.5. The first-order chi connectivity index (χ1) is 23.5. The SMILES string of the molecule is Cc1cc([C@H]2C3=CC[C@@H]4C(=O)N(N(C)c5nc(C(F)(F)F)ccc5Cl)C(=O)[C@@H]4[C@@H]3C[C@H]3C(=O)N(c4ccc(F)c(Cl)c4)C(=O)[C@@]23C)ccc1O. The van der Waals surface area contributed by atoms with Crippen molar-refractivity contribution in [1.82, 2.24) is 9.99 Å². The highest BCUT2D eigenvalue weighted by atomic mass is 35.5. The largest absolute Gasteiger partial charge is 0.508 e. The van der Waals surface area contributed by atoms with Crippen molar-refractivity contribution >= 4 is 58.3 Å². The molecule has 3 heterocycles. The highest BCUT2D eigenvalue weighted by Gasteiger charge is 2.68. The van der Waals surface area contributed by atoms with Gasteiger partial charge in [0.15, 0.2) is 5.82 Å². The number of aromatic nitrogens is 1. The molecule has 2 aromatic carbocycles. The van der Waals surface area contributed by atoms with Crippen molar-refractivity contribution in [1.29, 1.82) is 0 Å². The molecule has 1 aromatic heterocycles. The van der Waals surface area contributed by atoms with Crippen LogP contribution in [0, 0.1) is 41.8 Å². The van der Waals surface area contributed by atoms with E-state index in [9.17, 15) is 41.8 Å². The zero-order valence-electron chi connectivity index (χ0n) is 26.6. The standard InChI is InChI=1S/C35H28Cl2F4N4O5/c1-15-12-16(4-10-25(15)46)28-18-6-7-19-27(32(49)45(30(19)47)43(3)29-22(36)8-11-26(42-29)35(39,40)41)20(18)14-21-31(48)44(33(50)34(21,28)2)17-5-9-24(38)23(37)13-17/h4-6,8-13,19-21,27-28,46H,7,14H2,1-3H3/t19-,20+,21-,27-,28-,34+/m0/s1. The van der Waals surface area contributed by atoms with Crippen LogP contribution < -0.4 is 9.91 Å². The maximum atomic E-state index is 14.5. The predicted octanol–water partition coefficient (Wildman–Crippen LogP) is 6.84. The van der Waals surface area contributed by atoms with Gasteiger partial charge in [-0.05, 0) is 80.1 Å². The number of carbonyl (C=O) groups is 4. The Hall–Kier alpha value is -4.49. The Balaban J connectivity index is 1.33. The van der Waals surface area contributed by atoms with Crippen LogP contribution in [-0.4, -0.2) is 45.8 Å². The molecule has 2 aliphatic heterocycles. The lowest BCUT2D eigenvalue weighted by molar-refractivity contribution is -0.141. The number of phenolic OH excluding ortho intramolecular Hbond substituents is 1. The van der Waals surface area contributed by atoms with Gasteiger partial charge in [-0.25, -0.2) is 14.3 Å². The fourth-order valence-corrected chi connectivity index (χ4v) is 8.72. The molecule has 50 heavy (non-hydrogen) atoms. The average molecular weight is 732 g/mol. The summed E-state index contributed by atoms with van der Waals surface area (Å²) in [5.41, 5.74) is -0.858. The molecule has 15 heteroatoms. The summed E-state index contributed by atoms with van der Waals surface area (Å²) in [6, 6.07) is 10.0. The molecule has 0 radical (unpaired) electrons. The van der Waals surface area contributed by atoms with Gasteiger partial charge in [0.1, 0.15) is 17.3 Å². The number of pyridine rings is 1. The minimum Gasteiger partial charge on any atom is -0.508 e. The van der Waals surface area contributed by atoms with Crippen molar-refractivity contribution in [2.24, 2.45) is 29.1 Å². The predicted molar refractivity (Wildman–Crippen MR) is 173 cm³/mol. The Morgan fingerprint density at radius 3 is 2.34 bits per heavy atom. The number of allylic oxidation sites excluding steroid dienone is 2. The van der Waals surface area contributed by atoms with E-state index >= 15 is 0 Å². The maximum absolute atomic E-state index is 14.5. The Morgan fingerprint density at radius 2 is 1.68 bits per heavy atom. The summed E-state index contributed by atoms with van der Waals surface area (Å²) < 4.78 is 54.7. The lowest BCUT2D eigenvalue weighted by Crippen LogP contribution is -2.49. The van der Waals surface area contributed by atoms with Crippen molar-refractivity contribution in [2.45, 2.75) is 38.8 Å². The summed E-state index contributed by atoms with van der Waals surface area (Å²) >= 11 is 12.3. The number of carbonyl (C=O) groups excluding carboxylic acids is 4.